The molecule has 38 heavy (non-hydrogen) atoms. The molecule has 1 unspecified atom stereocenters. The molecule has 0 aliphatic heterocycles. The van der Waals surface area contributed by atoms with Gasteiger partial charge in [-0.15, -0.1) is 0 Å². The van der Waals surface area contributed by atoms with Gasteiger partial charge in [0.25, 0.3) is 10.0 Å². The number of carbonyl (C=O) groups is 2. The number of amides is 2. The lowest BCUT2D eigenvalue weighted by molar-refractivity contribution is -0.139. The fourth-order valence-corrected chi connectivity index (χ4v) is 5.77. The van der Waals surface area contributed by atoms with Crippen molar-refractivity contribution in [1.82, 2.24) is 10.2 Å². The van der Waals surface area contributed by atoms with Gasteiger partial charge in [0.2, 0.25) is 11.8 Å². The van der Waals surface area contributed by atoms with Gasteiger partial charge in [0.05, 0.1) is 10.6 Å². The Balaban J connectivity index is 2.04. The summed E-state index contributed by atoms with van der Waals surface area (Å²) in [5.41, 5.74) is 1.73. The topological polar surface area (TPSA) is 86.8 Å². The van der Waals surface area contributed by atoms with Crippen LogP contribution in [0.3, 0.4) is 0 Å². The number of nitrogens with one attached hydrogen (secondary N) is 1. The number of halogens is 2. The van der Waals surface area contributed by atoms with E-state index in [-0.39, 0.29) is 17.3 Å². The SMILES string of the molecule is CCCNC(=O)C(C)N(Cc1ccc(Br)cc1)C(=O)CN(c1cc(Cl)ccc1C)S(=O)(=O)c1ccccc1. The van der Waals surface area contributed by atoms with Crippen LogP contribution in [0.1, 0.15) is 31.4 Å². The van der Waals surface area contributed by atoms with Crippen LogP contribution in [0.5, 0.6) is 0 Å². The highest BCUT2D eigenvalue weighted by molar-refractivity contribution is 9.10. The first kappa shape index (κ1) is 29.7. The zero-order valence-corrected chi connectivity index (χ0v) is 24.7. The maximum absolute atomic E-state index is 13.9. The third kappa shape index (κ3) is 7.36. The number of nitrogens with zero attached hydrogens (tertiary/aromatic N) is 2. The molecule has 202 valence electrons. The molecule has 3 aromatic rings. The van der Waals surface area contributed by atoms with Gasteiger partial charge < -0.3 is 10.2 Å². The zero-order valence-electron chi connectivity index (χ0n) is 21.5. The standard InChI is InChI=1S/C28H31BrClN3O4S/c1-4-16-31-28(35)21(3)32(18-22-11-13-23(29)14-12-22)27(34)19-33(26-17-24(30)15-10-20(26)2)38(36,37)25-8-6-5-7-9-25/h5-15,17,21H,4,16,18-19H2,1-3H3,(H,31,35). The van der Waals surface area contributed by atoms with Crippen molar-refractivity contribution < 1.29 is 18.0 Å². The maximum Gasteiger partial charge on any atom is 0.264 e. The van der Waals surface area contributed by atoms with Crippen LogP contribution in [0.25, 0.3) is 0 Å². The summed E-state index contributed by atoms with van der Waals surface area (Å²) in [4.78, 5) is 28.2. The van der Waals surface area contributed by atoms with Gasteiger partial charge in [-0.2, -0.15) is 0 Å². The van der Waals surface area contributed by atoms with E-state index in [1.54, 1.807) is 44.2 Å². The summed E-state index contributed by atoms with van der Waals surface area (Å²) in [5, 5.41) is 3.17. The number of benzene rings is 3. The van der Waals surface area contributed by atoms with Crippen LogP contribution in [0.2, 0.25) is 5.02 Å². The molecule has 3 aromatic carbocycles. The van der Waals surface area contributed by atoms with Gasteiger partial charge in [-0.1, -0.05) is 70.9 Å². The van der Waals surface area contributed by atoms with Crippen LogP contribution in [0, 0.1) is 6.92 Å². The molecule has 1 atom stereocenters. The molecule has 1 N–H and O–H groups in total. The molecule has 2 amide bonds. The lowest BCUT2D eigenvalue weighted by atomic mass is 10.1. The van der Waals surface area contributed by atoms with Gasteiger partial charge in [0, 0.05) is 22.6 Å². The number of anilines is 1. The van der Waals surface area contributed by atoms with Crippen LogP contribution in [-0.2, 0) is 26.2 Å². The van der Waals surface area contributed by atoms with Gasteiger partial charge in [0.1, 0.15) is 12.6 Å². The molecule has 0 bridgehead atoms. The van der Waals surface area contributed by atoms with Crippen molar-refractivity contribution >= 4 is 55.1 Å². The quantitative estimate of drug-likeness (QED) is 0.305. The van der Waals surface area contributed by atoms with Crippen LogP contribution in [-0.4, -0.2) is 44.3 Å². The predicted molar refractivity (Wildman–Crippen MR) is 155 cm³/mol. The highest BCUT2D eigenvalue weighted by Gasteiger charge is 2.33. The fourth-order valence-electron chi connectivity index (χ4n) is 3.85. The van der Waals surface area contributed by atoms with Gasteiger partial charge in [0.15, 0.2) is 0 Å². The Morgan fingerprint density at radius 3 is 2.32 bits per heavy atom. The molecule has 0 aromatic heterocycles. The van der Waals surface area contributed by atoms with Crippen LogP contribution >= 0.6 is 27.5 Å². The van der Waals surface area contributed by atoms with E-state index in [1.807, 2.05) is 31.2 Å². The van der Waals surface area contributed by atoms with Gasteiger partial charge in [-0.05, 0) is 67.8 Å². The van der Waals surface area contributed by atoms with E-state index >= 15 is 0 Å². The number of sulfonamides is 1. The van der Waals surface area contributed by atoms with E-state index in [0.717, 1.165) is 20.8 Å². The summed E-state index contributed by atoms with van der Waals surface area (Å²) in [5.74, 6) is -0.834. The minimum absolute atomic E-state index is 0.0420. The number of hydrogen-bond donors (Lipinski definition) is 1. The molecule has 0 aliphatic carbocycles. The third-order valence-electron chi connectivity index (χ3n) is 6.03. The average Bonchev–Trinajstić information content (AvgIpc) is 2.91. The molecule has 0 fully saturated rings. The Labute approximate surface area is 238 Å². The first-order chi connectivity index (χ1) is 18.0. The van der Waals surface area contributed by atoms with Crippen molar-refractivity contribution in [1.29, 1.82) is 0 Å². The summed E-state index contributed by atoms with van der Waals surface area (Å²) >= 11 is 9.65. The van der Waals surface area contributed by atoms with Crippen molar-refractivity contribution in [3.8, 4) is 0 Å². The Hall–Kier alpha value is -2.88. The number of rotatable bonds is 11. The van der Waals surface area contributed by atoms with E-state index in [1.165, 1.54) is 23.1 Å². The van der Waals surface area contributed by atoms with Crippen molar-refractivity contribution in [2.24, 2.45) is 0 Å². The molecular weight excluding hydrogens is 590 g/mol. The average molecular weight is 621 g/mol. The van der Waals surface area contributed by atoms with Crippen LogP contribution in [0.4, 0.5) is 5.69 Å². The molecule has 0 spiro atoms. The van der Waals surface area contributed by atoms with Crippen LogP contribution < -0.4 is 9.62 Å². The van der Waals surface area contributed by atoms with Gasteiger partial charge >= 0.3 is 0 Å². The Morgan fingerprint density at radius 2 is 1.68 bits per heavy atom. The summed E-state index contributed by atoms with van der Waals surface area (Å²) in [6, 6.07) is 19.4. The fraction of sp³-hybridized carbons (Fsp3) is 0.286. The van der Waals surface area contributed by atoms with Crippen LogP contribution in [0.15, 0.2) is 82.2 Å². The number of carbonyl (C=O) groups excluding carboxylic acids is 2. The summed E-state index contributed by atoms with van der Waals surface area (Å²) in [6.45, 7) is 5.42. The molecule has 7 nitrogen and oxygen atoms in total. The largest absolute Gasteiger partial charge is 0.354 e. The van der Waals surface area contributed by atoms with E-state index in [4.69, 9.17) is 11.6 Å². The molecule has 3 rings (SSSR count). The lowest BCUT2D eigenvalue weighted by Gasteiger charge is -2.32. The van der Waals surface area contributed by atoms with Crippen molar-refractivity contribution in [3.63, 3.8) is 0 Å². The molecule has 0 saturated heterocycles. The summed E-state index contributed by atoms with van der Waals surface area (Å²) in [6.07, 6.45) is 0.746. The smallest absolute Gasteiger partial charge is 0.264 e. The molecule has 0 radical (unpaired) electrons. The molecule has 0 saturated carbocycles. The molecule has 0 heterocycles. The summed E-state index contributed by atoms with van der Waals surface area (Å²) in [7, 11) is -4.14. The second-order valence-electron chi connectivity index (χ2n) is 8.87. The van der Waals surface area contributed by atoms with Gasteiger partial charge in [-0.25, -0.2) is 8.42 Å². The van der Waals surface area contributed by atoms with Crippen molar-refractivity contribution in [2.75, 3.05) is 17.4 Å². The Morgan fingerprint density at radius 1 is 1.03 bits per heavy atom. The van der Waals surface area contributed by atoms with E-state index < -0.39 is 28.5 Å². The van der Waals surface area contributed by atoms with E-state index in [0.29, 0.717) is 22.8 Å². The number of aryl methyl sites for hydroxylation is 1. The Bertz CT molecular complexity index is 1370. The second-order valence-corrected chi connectivity index (χ2v) is 12.1. The van der Waals surface area contributed by atoms with Crippen molar-refractivity contribution in [3.05, 3.63) is 93.4 Å². The first-order valence-corrected chi connectivity index (χ1v) is 14.8. The lowest BCUT2D eigenvalue weighted by Crippen LogP contribution is -2.51. The van der Waals surface area contributed by atoms with E-state index in [2.05, 4.69) is 21.2 Å². The normalized spacial score (nSPS) is 12.0. The molecule has 0 aliphatic rings. The van der Waals surface area contributed by atoms with E-state index in [9.17, 15) is 18.0 Å². The Kier molecular flexibility index (Phi) is 10.4. The first-order valence-electron chi connectivity index (χ1n) is 12.2. The maximum atomic E-state index is 13.9. The highest BCUT2D eigenvalue weighted by atomic mass is 79.9. The molecule has 10 heteroatoms. The zero-order chi connectivity index (χ0) is 27.9. The number of hydrogen-bond acceptors (Lipinski definition) is 4. The predicted octanol–water partition coefficient (Wildman–Crippen LogP) is 5.55. The monoisotopic (exact) mass is 619 g/mol. The highest BCUT2D eigenvalue weighted by Crippen LogP contribution is 2.30. The summed E-state index contributed by atoms with van der Waals surface area (Å²) < 4.78 is 29.6. The molecular formula is C28H31BrClN3O4S. The van der Waals surface area contributed by atoms with Gasteiger partial charge in [-0.3, -0.25) is 13.9 Å². The second kappa shape index (κ2) is 13.3. The minimum Gasteiger partial charge on any atom is -0.354 e. The van der Waals surface area contributed by atoms with Crippen molar-refractivity contribution in [2.45, 2.75) is 44.7 Å². The minimum atomic E-state index is -4.14. The third-order valence-corrected chi connectivity index (χ3v) is 8.57.